The Kier molecular flexibility index (Phi) is 8.65. The van der Waals surface area contributed by atoms with Crippen molar-refractivity contribution >= 4 is 40.7 Å². The number of methoxy groups -OCH3 is 1. The molecule has 4 N–H and O–H groups in total. The third kappa shape index (κ3) is 5.42. The van der Waals surface area contributed by atoms with Gasteiger partial charge in [-0.2, -0.15) is 0 Å². The SMILES string of the molecule is COC(=O)c1ccc(CNCc2cc(N(C)C)c3c(c2O)C(=O)C2C(=O)C4C(=O)C(C(N)=O)C(=O)[C@@H](N(C)C)C4CC2C3)cc1. The molecule has 5 unspecified atom stereocenters. The maximum atomic E-state index is 14.2. The van der Waals surface area contributed by atoms with Crippen LogP contribution in [0.1, 0.15) is 43.8 Å². The number of benzene rings is 2. The second-order valence-electron chi connectivity index (χ2n) is 12.6. The molecule has 238 valence electrons. The molecule has 2 fully saturated rings. The van der Waals surface area contributed by atoms with Gasteiger partial charge in [0.1, 0.15) is 5.75 Å². The summed E-state index contributed by atoms with van der Waals surface area (Å²) < 4.78 is 4.73. The van der Waals surface area contributed by atoms with E-state index in [1.165, 1.54) is 7.11 Å². The lowest BCUT2D eigenvalue weighted by Gasteiger charge is -2.48. The Hall–Kier alpha value is -4.42. The van der Waals surface area contributed by atoms with Crippen molar-refractivity contribution in [3.8, 4) is 5.75 Å². The number of fused-ring (bicyclic) bond motifs is 3. The minimum Gasteiger partial charge on any atom is -0.507 e. The van der Waals surface area contributed by atoms with Crippen molar-refractivity contribution in [2.45, 2.75) is 32.0 Å². The number of phenolic OH excluding ortho intramolecular Hbond substituents is 1. The number of hydrogen-bond acceptors (Lipinski definition) is 11. The summed E-state index contributed by atoms with van der Waals surface area (Å²) in [6.07, 6.45) is 0.549. The van der Waals surface area contributed by atoms with Crippen LogP contribution in [0.4, 0.5) is 5.69 Å². The summed E-state index contributed by atoms with van der Waals surface area (Å²) in [5.74, 6) is -9.83. The van der Waals surface area contributed by atoms with Crippen LogP contribution in [0.15, 0.2) is 30.3 Å². The van der Waals surface area contributed by atoms with Gasteiger partial charge in [-0.25, -0.2) is 4.79 Å². The van der Waals surface area contributed by atoms with Gasteiger partial charge in [-0.15, -0.1) is 0 Å². The average molecular weight is 619 g/mol. The van der Waals surface area contributed by atoms with Crippen molar-refractivity contribution in [2.75, 3.05) is 40.2 Å². The number of nitrogens with two attached hydrogens (primary N) is 1. The predicted octanol–water partition coefficient (Wildman–Crippen LogP) is 0.895. The molecule has 0 heterocycles. The van der Waals surface area contributed by atoms with Crippen LogP contribution in [-0.2, 0) is 43.4 Å². The monoisotopic (exact) mass is 618 g/mol. The van der Waals surface area contributed by atoms with Crippen LogP contribution in [0, 0.1) is 29.6 Å². The number of ether oxygens (including phenoxy) is 1. The van der Waals surface area contributed by atoms with E-state index in [2.05, 4.69) is 5.32 Å². The van der Waals surface area contributed by atoms with Gasteiger partial charge in [0.2, 0.25) is 5.91 Å². The number of ketones is 4. The summed E-state index contributed by atoms with van der Waals surface area (Å²) in [6.45, 7) is 0.606. The van der Waals surface area contributed by atoms with Crippen LogP contribution >= 0.6 is 0 Å². The van der Waals surface area contributed by atoms with E-state index in [0.717, 1.165) is 11.3 Å². The Labute approximate surface area is 260 Å². The van der Waals surface area contributed by atoms with Crippen LogP contribution < -0.4 is 16.0 Å². The van der Waals surface area contributed by atoms with E-state index in [9.17, 15) is 33.9 Å². The summed E-state index contributed by atoms with van der Waals surface area (Å²) in [4.78, 5) is 82.2. The fourth-order valence-electron chi connectivity index (χ4n) is 7.48. The molecule has 0 saturated heterocycles. The average Bonchev–Trinajstić information content (AvgIpc) is 2.97. The normalized spacial score (nSPS) is 25.8. The van der Waals surface area contributed by atoms with Crippen LogP contribution in [-0.4, -0.2) is 86.4 Å². The number of nitrogens with zero attached hydrogens (tertiary/aromatic N) is 2. The maximum absolute atomic E-state index is 14.2. The molecular weight excluding hydrogens is 580 g/mol. The molecule has 0 radical (unpaired) electrons. The molecule has 0 bridgehead atoms. The highest BCUT2D eigenvalue weighted by molar-refractivity contribution is 6.28. The number of carbonyl (C=O) groups excluding carboxylic acids is 6. The van der Waals surface area contributed by atoms with Gasteiger partial charge in [-0.1, -0.05) is 12.1 Å². The van der Waals surface area contributed by atoms with Gasteiger partial charge in [0.05, 0.1) is 36.1 Å². The molecule has 2 aromatic carbocycles. The molecule has 0 aliphatic heterocycles. The molecule has 12 heteroatoms. The highest BCUT2D eigenvalue weighted by Crippen LogP contribution is 2.50. The molecule has 12 nitrogen and oxygen atoms in total. The third-order valence-corrected chi connectivity index (χ3v) is 9.46. The second-order valence-corrected chi connectivity index (χ2v) is 12.6. The van der Waals surface area contributed by atoms with Crippen molar-refractivity contribution in [3.63, 3.8) is 0 Å². The van der Waals surface area contributed by atoms with Gasteiger partial charge in [-0.05, 0) is 68.1 Å². The summed E-state index contributed by atoms with van der Waals surface area (Å²) >= 11 is 0. The number of phenols is 1. The number of carbonyl (C=O) groups is 6. The summed E-state index contributed by atoms with van der Waals surface area (Å²) in [6, 6.07) is 7.82. The van der Waals surface area contributed by atoms with Gasteiger partial charge in [0.15, 0.2) is 29.1 Å². The number of likely N-dealkylation sites (N-methyl/N-ethyl adjacent to an activating group) is 1. The number of anilines is 1. The summed E-state index contributed by atoms with van der Waals surface area (Å²) in [5.41, 5.74) is 8.60. The minimum absolute atomic E-state index is 0.0587. The number of esters is 1. The molecule has 3 aliphatic rings. The van der Waals surface area contributed by atoms with Crippen LogP contribution in [0.3, 0.4) is 0 Å². The number of hydrogen-bond donors (Lipinski definition) is 3. The minimum atomic E-state index is -1.74. The molecule has 3 aliphatic carbocycles. The maximum Gasteiger partial charge on any atom is 0.337 e. The van der Waals surface area contributed by atoms with E-state index in [4.69, 9.17) is 10.5 Å². The van der Waals surface area contributed by atoms with E-state index in [1.54, 1.807) is 43.3 Å². The van der Waals surface area contributed by atoms with Crippen molar-refractivity contribution in [1.29, 1.82) is 0 Å². The Balaban J connectivity index is 1.46. The molecule has 0 aromatic heterocycles. The molecule has 1 amide bonds. The van der Waals surface area contributed by atoms with Gasteiger partial charge < -0.3 is 25.8 Å². The third-order valence-electron chi connectivity index (χ3n) is 9.46. The zero-order valence-electron chi connectivity index (χ0n) is 26.0. The lowest BCUT2D eigenvalue weighted by Crippen LogP contribution is -2.64. The van der Waals surface area contributed by atoms with E-state index in [-0.39, 0.29) is 24.3 Å². The number of Topliss-reactive ketones (excluding diaryl/α,β-unsaturated/α-hetero) is 4. The molecule has 2 saturated carbocycles. The standard InChI is InChI=1S/C33H38N4O8/c1-36(2)21-12-18(14-35-13-15-6-8-16(9-7-15)33(44)45-5)27(38)23-19(21)10-17-11-20-24(29(40)22(17)28(23)39)30(41)25(32(34)43)31(42)26(20)37(3)4/h6-9,12,17,20,22,24-26,35,38H,10-11,13-14H2,1-5H3,(H2,34,43)/t17?,20?,22?,24?,25?,26-/m0/s1. The van der Waals surface area contributed by atoms with E-state index >= 15 is 0 Å². The van der Waals surface area contributed by atoms with Crippen molar-refractivity contribution in [1.82, 2.24) is 10.2 Å². The summed E-state index contributed by atoms with van der Waals surface area (Å²) in [5, 5.41) is 14.7. The largest absolute Gasteiger partial charge is 0.507 e. The Morgan fingerprint density at radius 3 is 2.22 bits per heavy atom. The predicted molar refractivity (Wildman–Crippen MR) is 163 cm³/mol. The number of primary amides is 1. The van der Waals surface area contributed by atoms with Crippen molar-refractivity contribution in [2.24, 2.45) is 35.3 Å². The lowest BCUT2D eigenvalue weighted by atomic mass is 9.54. The summed E-state index contributed by atoms with van der Waals surface area (Å²) in [7, 11) is 8.28. The molecule has 0 spiro atoms. The quantitative estimate of drug-likeness (QED) is 0.283. The number of nitrogens with one attached hydrogen (secondary N) is 1. The highest BCUT2D eigenvalue weighted by Gasteiger charge is 2.61. The van der Waals surface area contributed by atoms with Crippen molar-refractivity contribution in [3.05, 3.63) is 58.1 Å². The Morgan fingerprint density at radius 2 is 1.64 bits per heavy atom. The van der Waals surface area contributed by atoms with Gasteiger partial charge in [-0.3, -0.25) is 28.9 Å². The highest BCUT2D eigenvalue weighted by atomic mass is 16.5. The first-order valence-electron chi connectivity index (χ1n) is 14.8. The van der Waals surface area contributed by atoms with Crippen LogP contribution in [0.5, 0.6) is 5.75 Å². The molecule has 2 aromatic rings. The molecule has 5 rings (SSSR count). The van der Waals surface area contributed by atoms with E-state index in [1.807, 2.05) is 25.1 Å². The molecular formula is C33H38N4O8. The number of amides is 1. The van der Waals surface area contributed by atoms with Crippen LogP contribution in [0.25, 0.3) is 0 Å². The van der Waals surface area contributed by atoms with Gasteiger partial charge in [0, 0.05) is 38.4 Å². The van der Waals surface area contributed by atoms with Crippen molar-refractivity contribution < 1.29 is 38.6 Å². The zero-order chi connectivity index (χ0) is 32.9. The van der Waals surface area contributed by atoms with E-state index in [0.29, 0.717) is 29.7 Å². The molecule has 6 atom stereocenters. The smallest absolute Gasteiger partial charge is 0.337 e. The number of rotatable bonds is 8. The second kappa shape index (κ2) is 12.2. The molecule has 45 heavy (non-hydrogen) atoms. The first kappa shape index (κ1) is 32.0. The van der Waals surface area contributed by atoms with E-state index < -0.39 is 70.6 Å². The first-order valence-corrected chi connectivity index (χ1v) is 14.8. The fraction of sp³-hybridized carbons (Fsp3) is 0.455. The van der Waals surface area contributed by atoms with Gasteiger partial charge in [0.25, 0.3) is 0 Å². The van der Waals surface area contributed by atoms with Crippen LogP contribution in [0.2, 0.25) is 0 Å². The Morgan fingerprint density at radius 1 is 0.978 bits per heavy atom. The van der Waals surface area contributed by atoms with Gasteiger partial charge >= 0.3 is 5.97 Å². The number of aromatic hydroxyl groups is 1. The fourth-order valence-corrected chi connectivity index (χ4v) is 7.48. The zero-order valence-corrected chi connectivity index (χ0v) is 26.0. The topological polar surface area (TPSA) is 176 Å². The lowest BCUT2D eigenvalue weighted by molar-refractivity contribution is -0.157. The Bertz CT molecular complexity index is 1600. The first-order chi connectivity index (χ1) is 21.3.